The molecule has 0 bridgehead atoms. The van der Waals surface area contributed by atoms with Crippen LogP contribution < -0.4 is 5.32 Å². The fourth-order valence-corrected chi connectivity index (χ4v) is 2.49. The topological polar surface area (TPSA) is 83.5 Å². The summed E-state index contributed by atoms with van der Waals surface area (Å²) in [5.74, 6) is -1.65. The van der Waals surface area contributed by atoms with Gasteiger partial charge in [-0.1, -0.05) is 6.07 Å². The van der Waals surface area contributed by atoms with Gasteiger partial charge in [0.15, 0.2) is 0 Å². The molecule has 0 saturated heterocycles. The monoisotopic (exact) mass is 255 g/mol. The minimum Gasteiger partial charge on any atom is -0.465 e. The van der Waals surface area contributed by atoms with Crippen molar-refractivity contribution in [2.24, 2.45) is 5.92 Å². The minimum atomic E-state index is -1.25. The molecule has 0 aliphatic rings. The number of thiophene rings is 1. The van der Waals surface area contributed by atoms with Gasteiger partial charge in [-0.2, -0.15) is 0 Å². The van der Waals surface area contributed by atoms with Gasteiger partial charge < -0.3 is 10.4 Å². The number of rotatable bonds is 5. The summed E-state index contributed by atoms with van der Waals surface area (Å²) >= 11 is 1.31. The maximum Gasteiger partial charge on any atom is 0.405 e. The molecule has 1 atom stereocenters. The number of hydrogen-bond donors (Lipinski definition) is 2. The lowest BCUT2D eigenvalue weighted by Crippen LogP contribution is -2.38. The van der Waals surface area contributed by atoms with Crippen molar-refractivity contribution in [1.82, 2.24) is 5.32 Å². The highest BCUT2D eigenvalue weighted by atomic mass is 32.1. The minimum absolute atomic E-state index is 0.343. The summed E-state index contributed by atoms with van der Waals surface area (Å²) in [6.07, 6.45) is -1.25. The second kappa shape index (κ2) is 5.58. The second-order valence-corrected chi connectivity index (χ2v) is 4.62. The largest absolute Gasteiger partial charge is 0.465 e. The van der Waals surface area contributed by atoms with E-state index in [1.165, 1.54) is 25.2 Å². The van der Waals surface area contributed by atoms with Crippen LogP contribution in [0.3, 0.4) is 0 Å². The van der Waals surface area contributed by atoms with Gasteiger partial charge in [0.05, 0.1) is 6.04 Å². The lowest BCUT2D eigenvalue weighted by Gasteiger charge is -2.21. The molecule has 1 amide bonds. The van der Waals surface area contributed by atoms with E-state index in [1.54, 1.807) is 17.5 Å². The van der Waals surface area contributed by atoms with Crippen molar-refractivity contribution >= 4 is 29.0 Å². The Kier molecular flexibility index (Phi) is 4.39. The van der Waals surface area contributed by atoms with E-state index in [1.807, 2.05) is 0 Å². The van der Waals surface area contributed by atoms with E-state index in [9.17, 15) is 14.4 Å². The molecule has 6 heteroatoms. The Morgan fingerprint density at radius 1 is 1.29 bits per heavy atom. The van der Waals surface area contributed by atoms with E-state index in [-0.39, 0.29) is 11.6 Å². The number of ketones is 2. The van der Waals surface area contributed by atoms with E-state index in [0.29, 0.717) is 4.88 Å². The van der Waals surface area contributed by atoms with Gasteiger partial charge in [-0.15, -0.1) is 11.3 Å². The van der Waals surface area contributed by atoms with Crippen LogP contribution in [0.25, 0.3) is 0 Å². The SMILES string of the molecule is CC(=O)C(C(C)=O)C(NC(=O)O)c1cccs1. The molecule has 0 aliphatic carbocycles. The van der Waals surface area contributed by atoms with Crippen LogP contribution in [0.1, 0.15) is 24.8 Å². The van der Waals surface area contributed by atoms with Gasteiger partial charge in [0.2, 0.25) is 0 Å². The van der Waals surface area contributed by atoms with Gasteiger partial charge in [-0.3, -0.25) is 9.59 Å². The zero-order valence-electron chi connectivity index (χ0n) is 9.47. The van der Waals surface area contributed by atoms with E-state index >= 15 is 0 Å². The highest BCUT2D eigenvalue weighted by Gasteiger charge is 2.32. The van der Waals surface area contributed by atoms with Crippen molar-refractivity contribution in [3.63, 3.8) is 0 Å². The van der Waals surface area contributed by atoms with Crippen LogP contribution >= 0.6 is 11.3 Å². The van der Waals surface area contributed by atoms with Crippen molar-refractivity contribution < 1.29 is 19.5 Å². The van der Waals surface area contributed by atoms with E-state index in [0.717, 1.165) is 0 Å². The quantitative estimate of drug-likeness (QED) is 0.786. The van der Waals surface area contributed by atoms with Crippen LogP contribution in [0.2, 0.25) is 0 Å². The number of amides is 1. The molecule has 0 saturated carbocycles. The predicted molar refractivity (Wildman–Crippen MR) is 63.1 cm³/mol. The van der Waals surface area contributed by atoms with Crippen LogP contribution in [-0.2, 0) is 9.59 Å². The van der Waals surface area contributed by atoms with Crippen LogP contribution in [-0.4, -0.2) is 22.8 Å². The van der Waals surface area contributed by atoms with Crippen molar-refractivity contribution in [3.8, 4) is 0 Å². The molecular formula is C11H13NO4S. The number of carbonyl (C=O) groups is 3. The van der Waals surface area contributed by atoms with Crippen LogP contribution in [0, 0.1) is 5.92 Å². The molecule has 2 N–H and O–H groups in total. The Morgan fingerprint density at radius 3 is 2.24 bits per heavy atom. The fraction of sp³-hybridized carbons (Fsp3) is 0.364. The first-order valence-electron chi connectivity index (χ1n) is 4.97. The van der Waals surface area contributed by atoms with Crippen molar-refractivity contribution in [2.45, 2.75) is 19.9 Å². The highest BCUT2D eigenvalue weighted by molar-refractivity contribution is 7.10. The number of hydrogen-bond acceptors (Lipinski definition) is 4. The van der Waals surface area contributed by atoms with Crippen LogP contribution in [0.5, 0.6) is 0 Å². The molecule has 17 heavy (non-hydrogen) atoms. The third-order valence-electron chi connectivity index (χ3n) is 2.34. The normalized spacial score (nSPS) is 12.2. The molecule has 92 valence electrons. The molecule has 1 aromatic heterocycles. The average Bonchev–Trinajstić information content (AvgIpc) is 2.66. The molecule has 5 nitrogen and oxygen atoms in total. The lowest BCUT2D eigenvalue weighted by molar-refractivity contribution is -0.131. The Labute approximate surface area is 102 Å². The molecular weight excluding hydrogens is 242 g/mol. The third-order valence-corrected chi connectivity index (χ3v) is 3.29. The summed E-state index contributed by atoms with van der Waals surface area (Å²) < 4.78 is 0. The highest BCUT2D eigenvalue weighted by Crippen LogP contribution is 2.27. The summed E-state index contributed by atoms with van der Waals surface area (Å²) in [4.78, 5) is 34.3. The van der Waals surface area contributed by atoms with Crippen molar-refractivity contribution in [1.29, 1.82) is 0 Å². The average molecular weight is 255 g/mol. The van der Waals surface area contributed by atoms with Gasteiger partial charge in [0.1, 0.15) is 17.5 Å². The summed E-state index contributed by atoms with van der Waals surface area (Å²) in [5, 5.41) is 12.8. The number of carboxylic acid groups (broad SMARTS) is 1. The molecule has 0 aromatic carbocycles. The summed E-state index contributed by atoms with van der Waals surface area (Å²) in [7, 11) is 0. The van der Waals surface area contributed by atoms with Crippen LogP contribution in [0.15, 0.2) is 17.5 Å². The maximum atomic E-state index is 11.5. The predicted octanol–water partition coefficient (Wildman–Crippen LogP) is 1.85. The summed E-state index contributed by atoms with van der Waals surface area (Å²) in [5.41, 5.74) is 0. The van der Waals surface area contributed by atoms with E-state index < -0.39 is 18.1 Å². The molecule has 1 rings (SSSR count). The Bertz CT molecular complexity index is 413. The van der Waals surface area contributed by atoms with Crippen molar-refractivity contribution in [2.75, 3.05) is 0 Å². The van der Waals surface area contributed by atoms with Gasteiger partial charge in [-0.05, 0) is 25.3 Å². The van der Waals surface area contributed by atoms with Crippen molar-refractivity contribution in [3.05, 3.63) is 22.4 Å². The summed E-state index contributed by atoms with van der Waals surface area (Å²) in [6, 6.07) is 2.64. The first-order valence-corrected chi connectivity index (χ1v) is 5.85. The maximum absolute atomic E-state index is 11.5. The zero-order valence-corrected chi connectivity index (χ0v) is 10.3. The van der Waals surface area contributed by atoms with Gasteiger partial charge >= 0.3 is 6.09 Å². The number of nitrogens with one attached hydrogen (secondary N) is 1. The van der Waals surface area contributed by atoms with E-state index in [4.69, 9.17) is 5.11 Å². The molecule has 0 radical (unpaired) electrons. The Morgan fingerprint density at radius 2 is 1.88 bits per heavy atom. The van der Waals surface area contributed by atoms with Gasteiger partial charge in [-0.25, -0.2) is 4.79 Å². The number of Topliss-reactive ketones (excluding diaryl/α,β-unsaturated/α-hetero) is 2. The third kappa shape index (κ3) is 3.39. The Balaban J connectivity index is 3.08. The van der Waals surface area contributed by atoms with E-state index in [2.05, 4.69) is 5.32 Å². The second-order valence-electron chi connectivity index (χ2n) is 3.64. The fourth-order valence-electron chi connectivity index (χ4n) is 1.68. The molecule has 1 heterocycles. The zero-order chi connectivity index (χ0) is 13.0. The standard InChI is InChI=1S/C11H13NO4S/c1-6(13)9(7(2)14)10(12-11(15)16)8-4-3-5-17-8/h3-5,9-10,12H,1-2H3,(H,15,16). The molecule has 1 unspecified atom stereocenters. The molecule has 0 fully saturated rings. The lowest BCUT2D eigenvalue weighted by atomic mass is 9.91. The smallest absolute Gasteiger partial charge is 0.405 e. The molecule has 1 aromatic rings. The molecule has 0 aliphatic heterocycles. The van der Waals surface area contributed by atoms with Gasteiger partial charge in [0, 0.05) is 4.88 Å². The van der Waals surface area contributed by atoms with Gasteiger partial charge in [0.25, 0.3) is 0 Å². The molecule has 0 spiro atoms. The van der Waals surface area contributed by atoms with Crippen LogP contribution in [0.4, 0.5) is 4.79 Å². The number of carbonyl (C=O) groups excluding carboxylic acids is 2. The first-order chi connectivity index (χ1) is 7.93. The summed E-state index contributed by atoms with van der Waals surface area (Å²) in [6.45, 7) is 2.58. The Hall–Kier alpha value is -1.69. The first kappa shape index (κ1) is 13.4.